The summed E-state index contributed by atoms with van der Waals surface area (Å²) in [6.45, 7) is 9.59. The minimum absolute atomic E-state index is 0.142. The van der Waals surface area contributed by atoms with Gasteiger partial charge in [-0.25, -0.2) is 0 Å². The molecule has 168 valence electrons. The van der Waals surface area contributed by atoms with Crippen molar-refractivity contribution in [2.45, 2.75) is 50.4 Å². The summed E-state index contributed by atoms with van der Waals surface area (Å²) in [6.07, 6.45) is 5.37. The molecule has 1 aromatic carbocycles. The van der Waals surface area contributed by atoms with Crippen molar-refractivity contribution < 1.29 is 14.6 Å². The molecule has 3 fully saturated rings. The Kier molecular flexibility index (Phi) is 7.65. The largest absolute Gasteiger partial charge is 0.491 e. The van der Waals surface area contributed by atoms with E-state index >= 15 is 0 Å². The highest BCUT2D eigenvalue weighted by atomic mass is 16.5. The van der Waals surface area contributed by atoms with Gasteiger partial charge in [-0.1, -0.05) is 12.1 Å². The average Bonchev–Trinajstić information content (AvgIpc) is 3.11. The summed E-state index contributed by atoms with van der Waals surface area (Å²) in [5.74, 6) is 0.838. The first kappa shape index (κ1) is 22.0. The van der Waals surface area contributed by atoms with E-state index in [1.54, 1.807) is 0 Å². The Morgan fingerprint density at radius 1 is 0.967 bits per heavy atom. The number of rotatable bonds is 7. The van der Waals surface area contributed by atoms with Gasteiger partial charge in [0.2, 0.25) is 0 Å². The van der Waals surface area contributed by atoms with E-state index in [1.807, 2.05) is 12.1 Å². The number of hydrogen-bond donors (Lipinski definition) is 1. The summed E-state index contributed by atoms with van der Waals surface area (Å²) in [5, 5.41) is 10.4. The highest BCUT2D eigenvalue weighted by Crippen LogP contribution is 2.35. The number of likely N-dealkylation sites (tertiary alicyclic amines) is 1. The molecule has 30 heavy (non-hydrogen) atoms. The van der Waals surface area contributed by atoms with Gasteiger partial charge in [-0.15, -0.1) is 0 Å². The molecule has 1 aromatic rings. The van der Waals surface area contributed by atoms with Gasteiger partial charge in [0.25, 0.3) is 0 Å². The quantitative estimate of drug-likeness (QED) is 0.734. The number of ether oxygens (including phenoxy) is 2. The summed E-state index contributed by atoms with van der Waals surface area (Å²) in [6, 6.07) is 8.38. The van der Waals surface area contributed by atoms with Crippen molar-refractivity contribution in [3.63, 3.8) is 0 Å². The molecule has 4 rings (SSSR count). The van der Waals surface area contributed by atoms with E-state index in [1.165, 1.54) is 37.9 Å². The molecule has 0 radical (unpaired) electrons. The predicted molar refractivity (Wildman–Crippen MR) is 119 cm³/mol. The number of aliphatic hydroxyl groups is 1. The van der Waals surface area contributed by atoms with Crippen molar-refractivity contribution in [2.24, 2.45) is 0 Å². The van der Waals surface area contributed by atoms with Gasteiger partial charge in [-0.05, 0) is 69.9 Å². The molecule has 3 aliphatic rings. The minimum atomic E-state index is -0.461. The van der Waals surface area contributed by atoms with Gasteiger partial charge in [0, 0.05) is 45.9 Å². The van der Waals surface area contributed by atoms with Crippen molar-refractivity contribution in [3.05, 3.63) is 29.8 Å². The number of likely N-dealkylation sites (N-methyl/N-ethyl adjacent to an activating group) is 1. The van der Waals surface area contributed by atoms with Gasteiger partial charge in [0.1, 0.15) is 18.5 Å². The van der Waals surface area contributed by atoms with Crippen LogP contribution in [0.25, 0.3) is 0 Å². The van der Waals surface area contributed by atoms with Crippen LogP contribution in [0.3, 0.4) is 0 Å². The van der Waals surface area contributed by atoms with Gasteiger partial charge >= 0.3 is 0 Å². The van der Waals surface area contributed by atoms with Crippen LogP contribution in [-0.4, -0.2) is 97.6 Å². The maximum absolute atomic E-state index is 10.4. The van der Waals surface area contributed by atoms with E-state index in [2.05, 4.69) is 33.9 Å². The molecule has 0 aliphatic carbocycles. The van der Waals surface area contributed by atoms with Crippen LogP contribution in [-0.2, 0) is 11.3 Å². The molecule has 3 aliphatic heterocycles. The van der Waals surface area contributed by atoms with Crippen molar-refractivity contribution in [1.82, 2.24) is 14.7 Å². The zero-order valence-electron chi connectivity index (χ0n) is 18.6. The Bertz CT molecular complexity index is 638. The van der Waals surface area contributed by atoms with Crippen LogP contribution >= 0.6 is 0 Å². The third kappa shape index (κ3) is 6.17. The normalized spacial score (nSPS) is 24.7. The molecule has 0 amide bonds. The molecular weight excluding hydrogens is 378 g/mol. The first-order chi connectivity index (χ1) is 14.6. The zero-order chi connectivity index (χ0) is 20.8. The maximum atomic E-state index is 10.4. The molecule has 1 unspecified atom stereocenters. The standard InChI is InChI=1S/C24H39N3O3/c1-25-11-3-12-26(16-15-25)18-21-4-6-23(7-5-21)29-20-22(28)19-27-13-9-24(10-14-27)8-2-17-30-24/h4-7,22,28H,2-3,8-20H2,1H3. The van der Waals surface area contributed by atoms with Crippen molar-refractivity contribution >= 4 is 0 Å². The number of nitrogens with zero attached hydrogens (tertiary/aromatic N) is 3. The Morgan fingerprint density at radius 3 is 2.50 bits per heavy atom. The van der Waals surface area contributed by atoms with Gasteiger partial charge in [-0.3, -0.25) is 4.90 Å². The lowest BCUT2D eigenvalue weighted by atomic mass is 9.88. The maximum Gasteiger partial charge on any atom is 0.119 e. The second kappa shape index (κ2) is 10.4. The van der Waals surface area contributed by atoms with Crippen LogP contribution < -0.4 is 4.74 Å². The van der Waals surface area contributed by atoms with E-state index in [0.717, 1.165) is 57.9 Å². The van der Waals surface area contributed by atoms with Crippen LogP contribution in [0, 0.1) is 0 Å². The molecule has 0 saturated carbocycles. The van der Waals surface area contributed by atoms with Gasteiger partial charge < -0.3 is 24.4 Å². The lowest BCUT2D eigenvalue weighted by molar-refractivity contribution is -0.0511. The minimum Gasteiger partial charge on any atom is -0.491 e. The number of β-amino-alcohol motifs (C(OH)–C–C–N with tert-alkyl or cyclic N) is 1. The van der Waals surface area contributed by atoms with E-state index in [4.69, 9.17) is 9.47 Å². The van der Waals surface area contributed by atoms with Gasteiger partial charge in [0.15, 0.2) is 0 Å². The highest BCUT2D eigenvalue weighted by Gasteiger charge is 2.38. The molecule has 6 heteroatoms. The fourth-order valence-electron chi connectivity index (χ4n) is 5.04. The predicted octanol–water partition coefficient (Wildman–Crippen LogP) is 2.21. The molecule has 3 saturated heterocycles. The van der Waals surface area contributed by atoms with Crippen molar-refractivity contribution in [2.75, 3.05) is 66.1 Å². The van der Waals surface area contributed by atoms with Crippen molar-refractivity contribution in [1.29, 1.82) is 0 Å². The second-order valence-corrected chi connectivity index (χ2v) is 9.48. The van der Waals surface area contributed by atoms with Crippen LogP contribution in [0.5, 0.6) is 5.75 Å². The number of piperidine rings is 1. The average molecular weight is 418 g/mol. The van der Waals surface area contributed by atoms with E-state index in [0.29, 0.717) is 13.2 Å². The summed E-state index contributed by atoms with van der Waals surface area (Å²) in [7, 11) is 2.20. The first-order valence-corrected chi connectivity index (χ1v) is 11.8. The molecule has 6 nitrogen and oxygen atoms in total. The van der Waals surface area contributed by atoms with Crippen LogP contribution in [0.2, 0.25) is 0 Å². The SMILES string of the molecule is CN1CCCN(Cc2ccc(OCC(O)CN3CCC4(CCCO4)CC3)cc2)CC1. The smallest absolute Gasteiger partial charge is 0.119 e. The number of hydrogen-bond acceptors (Lipinski definition) is 6. The van der Waals surface area contributed by atoms with Gasteiger partial charge in [-0.2, -0.15) is 0 Å². The summed E-state index contributed by atoms with van der Waals surface area (Å²) in [5.41, 5.74) is 1.46. The fourth-order valence-corrected chi connectivity index (χ4v) is 5.04. The zero-order valence-corrected chi connectivity index (χ0v) is 18.6. The van der Waals surface area contributed by atoms with E-state index in [9.17, 15) is 5.11 Å². The fraction of sp³-hybridized carbons (Fsp3) is 0.750. The second-order valence-electron chi connectivity index (χ2n) is 9.48. The summed E-state index contributed by atoms with van der Waals surface area (Å²) < 4.78 is 11.8. The molecule has 3 heterocycles. The first-order valence-electron chi connectivity index (χ1n) is 11.8. The Morgan fingerprint density at radius 2 is 1.77 bits per heavy atom. The third-order valence-electron chi connectivity index (χ3n) is 7.01. The molecule has 0 bridgehead atoms. The highest BCUT2D eigenvalue weighted by molar-refractivity contribution is 5.27. The molecule has 1 N–H and O–H groups in total. The number of benzene rings is 1. The summed E-state index contributed by atoms with van der Waals surface area (Å²) >= 11 is 0. The van der Waals surface area contributed by atoms with E-state index in [-0.39, 0.29) is 5.60 Å². The topological polar surface area (TPSA) is 48.4 Å². The molecule has 1 spiro atoms. The van der Waals surface area contributed by atoms with Crippen LogP contribution in [0.1, 0.15) is 37.7 Å². The van der Waals surface area contributed by atoms with Crippen LogP contribution in [0.4, 0.5) is 0 Å². The summed E-state index contributed by atoms with van der Waals surface area (Å²) in [4.78, 5) is 7.29. The molecular formula is C24H39N3O3. The van der Waals surface area contributed by atoms with Crippen LogP contribution in [0.15, 0.2) is 24.3 Å². The Hall–Kier alpha value is -1.18. The van der Waals surface area contributed by atoms with E-state index < -0.39 is 6.10 Å². The van der Waals surface area contributed by atoms with Gasteiger partial charge in [0.05, 0.1) is 5.60 Å². The van der Waals surface area contributed by atoms with Crippen molar-refractivity contribution in [3.8, 4) is 5.75 Å². The Labute approximate surface area is 181 Å². The third-order valence-corrected chi connectivity index (χ3v) is 7.01. The molecule has 1 atom stereocenters. The molecule has 0 aromatic heterocycles. The monoisotopic (exact) mass is 417 g/mol. The Balaban J connectivity index is 1.16. The lowest BCUT2D eigenvalue weighted by Crippen LogP contribution is -2.47. The lowest BCUT2D eigenvalue weighted by Gasteiger charge is -2.39. The number of aliphatic hydroxyl groups excluding tert-OH is 1.